The molecule has 0 aliphatic carbocycles. The topological polar surface area (TPSA) is 47.6 Å². The van der Waals surface area contributed by atoms with E-state index < -0.39 is 0 Å². The third-order valence-electron chi connectivity index (χ3n) is 3.83. The zero-order valence-electron chi connectivity index (χ0n) is 14.8. The van der Waals surface area contributed by atoms with Crippen molar-refractivity contribution in [2.45, 2.75) is 39.3 Å². The monoisotopic (exact) mass is 361 g/mol. The highest BCUT2D eigenvalue weighted by molar-refractivity contribution is 6.30. The van der Waals surface area contributed by atoms with Crippen molar-refractivity contribution in [1.29, 1.82) is 0 Å². The van der Waals surface area contributed by atoms with Crippen LogP contribution in [0.1, 0.15) is 42.6 Å². The van der Waals surface area contributed by atoms with Crippen LogP contribution in [0, 0.1) is 0 Å². The lowest BCUT2D eigenvalue weighted by Crippen LogP contribution is -2.32. The first kappa shape index (κ1) is 19.1. The molecule has 0 aromatic heterocycles. The van der Waals surface area contributed by atoms with Crippen molar-refractivity contribution in [2.75, 3.05) is 7.11 Å². The molecule has 2 rings (SSSR count). The first-order valence-corrected chi connectivity index (χ1v) is 8.77. The molecule has 0 unspecified atom stereocenters. The Hall–Kier alpha value is -2.20. The summed E-state index contributed by atoms with van der Waals surface area (Å²) in [6.45, 7) is 4.49. The van der Waals surface area contributed by atoms with E-state index in [9.17, 15) is 4.79 Å². The highest BCUT2D eigenvalue weighted by atomic mass is 35.5. The molecule has 25 heavy (non-hydrogen) atoms. The van der Waals surface area contributed by atoms with Gasteiger partial charge in [0.25, 0.3) is 5.91 Å². The Morgan fingerprint density at radius 1 is 1.16 bits per heavy atom. The number of carbonyl (C=O) groups is 1. The van der Waals surface area contributed by atoms with Gasteiger partial charge in [0.15, 0.2) is 11.5 Å². The van der Waals surface area contributed by atoms with Gasteiger partial charge >= 0.3 is 0 Å². The maximum Gasteiger partial charge on any atom is 0.251 e. The lowest BCUT2D eigenvalue weighted by molar-refractivity contribution is 0.0938. The SMILES string of the molecule is CCC[C@@H](C)NC(=O)c1ccc(OCc2ccc(Cl)cc2)c(OC)c1. The quantitative estimate of drug-likeness (QED) is 0.731. The fourth-order valence-corrected chi connectivity index (χ4v) is 2.61. The van der Waals surface area contributed by atoms with Gasteiger partial charge in [-0.25, -0.2) is 0 Å². The normalized spacial score (nSPS) is 11.7. The molecule has 0 spiro atoms. The molecule has 1 atom stereocenters. The number of rotatable bonds is 8. The van der Waals surface area contributed by atoms with Crippen molar-refractivity contribution in [2.24, 2.45) is 0 Å². The first-order valence-electron chi connectivity index (χ1n) is 8.39. The lowest BCUT2D eigenvalue weighted by atomic mass is 10.1. The summed E-state index contributed by atoms with van der Waals surface area (Å²) in [5.41, 5.74) is 1.56. The van der Waals surface area contributed by atoms with Gasteiger partial charge in [-0.1, -0.05) is 37.1 Å². The number of methoxy groups -OCH3 is 1. The van der Waals surface area contributed by atoms with Gasteiger partial charge in [0.2, 0.25) is 0 Å². The van der Waals surface area contributed by atoms with Gasteiger partial charge < -0.3 is 14.8 Å². The van der Waals surface area contributed by atoms with E-state index in [0.717, 1.165) is 18.4 Å². The molecular weight excluding hydrogens is 338 g/mol. The van der Waals surface area contributed by atoms with Crippen molar-refractivity contribution in [3.05, 3.63) is 58.6 Å². The van der Waals surface area contributed by atoms with Crippen molar-refractivity contribution in [1.82, 2.24) is 5.32 Å². The minimum absolute atomic E-state index is 0.108. The third kappa shape index (κ3) is 5.68. The molecule has 1 N–H and O–H groups in total. The number of halogens is 1. The highest BCUT2D eigenvalue weighted by Crippen LogP contribution is 2.29. The second-order valence-corrected chi connectivity index (χ2v) is 6.38. The number of carbonyl (C=O) groups excluding carboxylic acids is 1. The molecule has 2 aromatic carbocycles. The molecule has 0 heterocycles. The summed E-state index contributed by atoms with van der Waals surface area (Å²) in [4.78, 5) is 12.3. The maximum atomic E-state index is 12.3. The van der Waals surface area contributed by atoms with Crippen LogP contribution in [0.2, 0.25) is 5.02 Å². The molecule has 0 bridgehead atoms. The third-order valence-corrected chi connectivity index (χ3v) is 4.08. The molecule has 5 heteroatoms. The average Bonchev–Trinajstić information content (AvgIpc) is 2.61. The number of amides is 1. The Labute approximate surface area is 154 Å². The molecule has 4 nitrogen and oxygen atoms in total. The lowest BCUT2D eigenvalue weighted by Gasteiger charge is -2.15. The molecule has 0 fully saturated rings. The van der Waals surface area contributed by atoms with Gasteiger partial charge in [0.05, 0.1) is 7.11 Å². The van der Waals surface area contributed by atoms with Crippen molar-refractivity contribution >= 4 is 17.5 Å². The van der Waals surface area contributed by atoms with Crippen LogP contribution in [-0.4, -0.2) is 19.1 Å². The Kier molecular flexibility index (Phi) is 7.14. The average molecular weight is 362 g/mol. The molecule has 0 radical (unpaired) electrons. The fourth-order valence-electron chi connectivity index (χ4n) is 2.48. The predicted octanol–water partition coefficient (Wildman–Crippen LogP) is 4.85. The molecule has 1 amide bonds. The van der Waals surface area contributed by atoms with Crippen LogP contribution in [0.3, 0.4) is 0 Å². The smallest absolute Gasteiger partial charge is 0.251 e. The highest BCUT2D eigenvalue weighted by Gasteiger charge is 2.13. The Bertz CT molecular complexity index is 701. The van der Waals surface area contributed by atoms with Gasteiger partial charge in [-0.3, -0.25) is 4.79 Å². The fraction of sp³-hybridized carbons (Fsp3) is 0.350. The number of nitrogens with one attached hydrogen (secondary N) is 1. The van der Waals surface area contributed by atoms with E-state index in [1.54, 1.807) is 25.3 Å². The zero-order valence-corrected chi connectivity index (χ0v) is 15.6. The number of ether oxygens (including phenoxy) is 2. The van der Waals surface area contributed by atoms with E-state index in [1.807, 2.05) is 31.2 Å². The maximum absolute atomic E-state index is 12.3. The zero-order chi connectivity index (χ0) is 18.2. The van der Waals surface area contributed by atoms with E-state index in [0.29, 0.717) is 28.7 Å². The minimum atomic E-state index is -0.108. The van der Waals surface area contributed by atoms with Crippen molar-refractivity contribution in [3.63, 3.8) is 0 Å². The van der Waals surface area contributed by atoms with Gasteiger partial charge in [-0.2, -0.15) is 0 Å². The Morgan fingerprint density at radius 2 is 1.88 bits per heavy atom. The summed E-state index contributed by atoms with van der Waals surface area (Å²) in [5.74, 6) is 1.02. The standard InChI is InChI=1S/C20H24ClNO3/c1-4-5-14(2)22-20(23)16-8-11-18(19(12-16)24-3)25-13-15-6-9-17(21)10-7-15/h6-12,14H,4-5,13H2,1-3H3,(H,22,23)/t14-/m1/s1. The van der Waals surface area contributed by atoms with E-state index in [-0.39, 0.29) is 11.9 Å². The molecule has 0 aliphatic heterocycles. The summed E-state index contributed by atoms with van der Waals surface area (Å²) in [6.07, 6.45) is 1.98. The number of hydrogen-bond donors (Lipinski definition) is 1. The Balaban J connectivity index is 2.05. The predicted molar refractivity (Wildman–Crippen MR) is 101 cm³/mol. The molecule has 2 aromatic rings. The van der Waals surface area contributed by atoms with Gasteiger partial charge in [0.1, 0.15) is 6.61 Å². The largest absolute Gasteiger partial charge is 0.493 e. The van der Waals surface area contributed by atoms with Crippen LogP contribution in [0.5, 0.6) is 11.5 Å². The van der Waals surface area contributed by atoms with Gasteiger partial charge in [-0.15, -0.1) is 0 Å². The van der Waals surface area contributed by atoms with Crippen LogP contribution in [0.15, 0.2) is 42.5 Å². The van der Waals surface area contributed by atoms with Crippen molar-refractivity contribution < 1.29 is 14.3 Å². The summed E-state index contributed by atoms with van der Waals surface area (Å²) in [5, 5.41) is 3.67. The second kappa shape index (κ2) is 9.33. The van der Waals surface area contributed by atoms with E-state index in [2.05, 4.69) is 12.2 Å². The molecule has 0 saturated heterocycles. The van der Waals surface area contributed by atoms with Gasteiger partial charge in [-0.05, 0) is 49.2 Å². The summed E-state index contributed by atoms with van der Waals surface area (Å²) >= 11 is 5.88. The van der Waals surface area contributed by atoms with Crippen LogP contribution < -0.4 is 14.8 Å². The minimum Gasteiger partial charge on any atom is -0.493 e. The van der Waals surface area contributed by atoms with E-state index in [4.69, 9.17) is 21.1 Å². The first-order chi connectivity index (χ1) is 12.0. The summed E-state index contributed by atoms with van der Waals surface area (Å²) < 4.78 is 11.2. The molecule has 0 aliphatic rings. The summed E-state index contributed by atoms with van der Waals surface area (Å²) in [6, 6.07) is 12.8. The summed E-state index contributed by atoms with van der Waals surface area (Å²) in [7, 11) is 1.56. The van der Waals surface area contributed by atoms with Crippen LogP contribution in [0.25, 0.3) is 0 Å². The van der Waals surface area contributed by atoms with Crippen LogP contribution >= 0.6 is 11.6 Å². The van der Waals surface area contributed by atoms with Crippen LogP contribution in [-0.2, 0) is 6.61 Å². The molecule has 0 saturated carbocycles. The molecular formula is C20H24ClNO3. The second-order valence-electron chi connectivity index (χ2n) is 5.94. The number of hydrogen-bond acceptors (Lipinski definition) is 3. The van der Waals surface area contributed by atoms with Crippen molar-refractivity contribution in [3.8, 4) is 11.5 Å². The van der Waals surface area contributed by atoms with E-state index in [1.165, 1.54) is 0 Å². The Morgan fingerprint density at radius 3 is 2.52 bits per heavy atom. The van der Waals surface area contributed by atoms with Crippen LogP contribution in [0.4, 0.5) is 0 Å². The van der Waals surface area contributed by atoms with E-state index >= 15 is 0 Å². The number of benzene rings is 2. The van der Waals surface area contributed by atoms with Gasteiger partial charge in [0, 0.05) is 16.6 Å². The molecule has 134 valence electrons.